The quantitative estimate of drug-likeness (QED) is 0.488. The van der Waals surface area contributed by atoms with Crippen molar-refractivity contribution in [3.05, 3.63) is 63.7 Å². The molecule has 0 radical (unpaired) electrons. The Morgan fingerprint density at radius 3 is 2.57 bits per heavy atom. The van der Waals surface area contributed by atoms with Crippen LogP contribution in [0.15, 0.2) is 42.5 Å². The molecule has 2 aromatic rings. The Morgan fingerprint density at radius 2 is 1.90 bits per heavy atom. The van der Waals surface area contributed by atoms with Crippen LogP contribution >= 0.6 is 0 Å². The van der Waals surface area contributed by atoms with E-state index >= 15 is 0 Å². The maximum absolute atomic E-state index is 11.0. The van der Waals surface area contributed by atoms with Gasteiger partial charge in [0.15, 0.2) is 0 Å². The number of hydrogen-bond acceptors (Lipinski definition) is 4. The summed E-state index contributed by atoms with van der Waals surface area (Å²) in [5.74, 6) is -0.361. The van der Waals surface area contributed by atoms with Gasteiger partial charge < -0.3 is 4.74 Å². The van der Waals surface area contributed by atoms with Crippen LogP contribution in [-0.4, -0.2) is 10.9 Å². The number of ether oxygens (including phenoxy) is 1. The van der Waals surface area contributed by atoms with Crippen molar-refractivity contribution in [2.75, 3.05) is 0 Å². The normalized spacial score (nSPS) is 10.2. The number of non-ortho nitro benzene ring substituents is 1. The molecule has 0 aliphatic heterocycles. The van der Waals surface area contributed by atoms with Crippen LogP contribution in [-0.2, 0) is 16.1 Å². The standard InChI is InChI=1S/C16H15NO4/c1-11-7-8-14(17(19)20)9-16(11)15-6-4-3-5-13(15)10-21-12(2)18/h3-9H,10H2,1-2H3. The lowest BCUT2D eigenvalue weighted by Crippen LogP contribution is -2.01. The topological polar surface area (TPSA) is 69.4 Å². The highest BCUT2D eigenvalue weighted by molar-refractivity contribution is 5.73. The van der Waals surface area contributed by atoms with Crippen molar-refractivity contribution in [3.63, 3.8) is 0 Å². The zero-order valence-corrected chi connectivity index (χ0v) is 11.8. The zero-order valence-electron chi connectivity index (χ0n) is 11.8. The summed E-state index contributed by atoms with van der Waals surface area (Å²) in [5.41, 5.74) is 3.39. The second-order valence-corrected chi connectivity index (χ2v) is 4.69. The number of nitro groups is 1. The van der Waals surface area contributed by atoms with Crippen molar-refractivity contribution in [2.24, 2.45) is 0 Å². The lowest BCUT2D eigenvalue weighted by atomic mass is 9.96. The molecular weight excluding hydrogens is 270 g/mol. The Bertz CT molecular complexity index is 694. The number of carbonyl (C=O) groups excluding carboxylic acids is 1. The molecule has 21 heavy (non-hydrogen) atoms. The van der Waals surface area contributed by atoms with Crippen molar-refractivity contribution in [3.8, 4) is 11.1 Å². The molecule has 0 saturated carbocycles. The number of rotatable bonds is 4. The third-order valence-corrected chi connectivity index (χ3v) is 3.17. The first kappa shape index (κ1) is 14.7. The molecule has 0 fully saturated rings. The van der Waals surface area contributed by atoms with Crippen LogP contribution in [0.3, 0.4) is 0 Å². The molecule has 5 heteroatoms. The van der Waals surface area contributed by atoms with Crippen LogP contribution in [0.25, 0.3) is 11.1 Å². The Kier molecular flexibility index (Phi) is 4.33. The van der Waals surface area contributed by atoms with Crippen molar-refractivity contribution in [1.29, 1.82) is 0 Å². The largest absolute Gasteiger partial charge is 0.461 e. The number of carbonyl (C=O) groups is 1. The van der Waals surface area contributed by atoms with Gasteiger partial charge in [0.1, 0.15) is 6.61 Å². The van der Waals surface area contributed by atoms with Gasteiger partial charge in [-0.3, -0.25) is 14.9 Å². The first-order valence-electron chi connectivity index (χ1n) is 6.45. The predicted molar refractivity (Wildman–Crippen MR) is 78.7 cm³/mol. The van der Waals surface area contributed by atoms with Crippen molar-refractivity contribution >= 4 is 11.7 Å². The molecule has 0 N–H and O–H groups in total. The van der Waals surface area contributed by atoms with Gasteiger partial charge in [0.25, 0.3) is 5.69 Å². The second kappa shape index (κ2) is 6.17. The third-order valence-electron chi connectivity index (χ3n) is 3.17. The molecule has 2 aromatic carbocycles. The van der Waals surface area contributed by atoms with Gasteiger partial charge in [0, 0.05) is 19.1 Å². The van der Waals surface area contributed by atoms with Gasteiger partial charge in [0.2, 0.25) is 0 Å². The molecule has 0 aromatic heterocycles. The molecule has 0 aliphatic carbocycles. The van der Waals surface area contributed by atoms with E-state index < -0.39 is 4.92 Å². The molecule has 0 atom stereocenters. The molecule has 108 valence electrons. The lowest BCUT2D eigenvalue weighted by molar-refractivity contribution is -0.384. The van der Waals surface area contributed by atoms with E-state index in [0.29, 0.717) is 0 Å². The fourth-order valence-electron chi connectivity index (χ4n) is 2.10. The summed E-state index contributed by atoms with van der Waals surface area (Å²) in [6.45, 7) is 3.39. The van der Waals surface area contributed by atoms with Crippen LogP contribution in [0.2, 0.25) is 0 Å². The van der Waals surface area contributed by atoms with Crippen LogP contribution in [0.5, 0.6) is 0 Å². The molecule has 0 saturated heterocycles. The van der Waals surface area contributed by atoms with Crippen molar-refractivity contribution < 1.29 is 14.5 Å². The summed E-state index contributed by atoms with van der Waals surface area (Å²) in [5, 5.41) is 10.9. The Morgan fingerprint density at radius 1 is 1.19 bits per heavy atom. The van der Waals surface area contributed by atoms with Crippen LogP contribution < -0.4 is 0 Å². The molecular formula is C16H15NO4. The highest BCUT2D eigenvalue weighted by Crippen LogP contribution is 2.30. The van der Waals surface area contributed by atoms with E-state index in [1.165, 1.54) is 13.0 Å². The van der Waals surface area contributed by atoms with E-state index in [9.17, 15) is 14.9 Å². The van der Waals surface area contributed by atoms with Gasteiger partial charge in [-0.25, -0.2) is 0 Å². The number of nitro benzene ring substituents is 1. The van der Waals surface area contributed by atoms with E-state index in [1.807, 2.05) is 31.2 Å². The van der Waals surface area contributed by atoms with Gasteiger partial charge in [-0.1, -0.05) is 30.3 Å². The Labute approximate surface area is 122 Å². The van der Waals surface area contributed by atoms with Crippen LogP contribution in [0.1, 0.15) is 18.1 Å². The summed E-state index contributed by atoms with van der Waals surface area (Å²) in [4.78, 5) is 21.5. The second-order valence-electron chi connectivity index (χ2n) is 4.69. The molecule has 0 unspecified atom stereocenters. The maximum Gasteiger partial charge on any atom is 0.302 e. The highest BCUT2D eigenvalue weighted by atomic mass is 16.6. The number of nitrogens with zero attached hydrogens (tertiary/aromatic N) is 1. The number of hydrogen-bond donors (Lipinski definition) is 0. The molecule has 2 rings (SSSR count). The lowest BCUT2D eigenvalue weighted by Gasteiger charge is -2.12. The third kappa shape index (κ3) is 3.45. The van der Waals surface area contributed by atoms with Crippen LogP contribution in [0.4, 0.5) is 5.69 Å². The minimum absolute atomic E-state index is 0.0397. The average Bonchev–Trinajstić information content (AvgIpc) is 2.45. The number of aryl methyl sites for hydroxylation is 1. The SMILES string of the molecule is CC(=O)OCc1ccccc1-c1cc([N+](=O)[O-])ccc1C. The zero-order chi connectivity index (χ0) is 15.4. The summed E-state index contributed by atoms with van der Waals surface area (Å²) in [6, 6.07) is 12.1. The first-order chi connectivity index (χ1) is 9.99. The monoisotopic (exact) mass is 285 g/mol. The Hall–Kier alpha value is -2.69. The molecule has 5 nitrogen and oxygen atoms in total. The Balaban J connectivity index is 2.48. The van der Waals surface area contributed by atoms with E-state index in [4.69, 9.17) is 4.74 Å². The fraction of sp³-hybridized carbons (Fsp3) is 0.188. The summed E-state index contributed by atoms with van der Waals surface area (Å²) >= 11 is 0. The highest BCUT2D eigenvalue weighted by Gasteiger charge is 2.13. The minimum Gasteiger partial charge on any atom is -0.461 e. The van der Waals surface area contributed by atoms with E-state index in [0.717, 1.165) is 22.3 Å². The van der Waals surface area contributed by atoms with Gasteiger partial charge in [0.05, 0.1) is 4.92 Å². The van der Waals surface area contributed by atoms with E-state index in [1.54, 1.807) is 12.1 Å². The molecule has 0 heterocycles. The van der Waals surface area contributed by atoms with Gasteiger partial charge in [-0.15, -0.1) is 0 Å². The smallest absolute Gasteiger partial charge is 0.302 e. The van der Waals surface area contributed by atoms with Crippen molar-refractivity contribution in [1.82, 2.24) is 0 Å². The number of benzene rings is 2. The number of esters is 1. The average molecular weight is 285 g/mol. The summed E-state index contributed by atoms with van der Waals surface area (Å²) < 4.78 is 5.03. The molecule has 0 aliphatic rings. The predicted octanol–water partition coefficient (Wildman–Crippen LogP) is 3.63. The van der Waals surface area contributed by atoms with E-state index in [2.05, 4.69) is 0 Å². The van der Waals surface area contributed by atoms with Gasteiger partial charge in [-0.05, 0) is 29.2 Å². The molecule has 0 spiro atoms. The van der Waals surface area contributed by atoms with Gasteiger partial charge in [-0.2, -0.15) is 0 Å². The maximum atomic E-state index is 11.0. The molecule has 0 amide bonds. The molecule has 0 bridgehead atoms. The minimum atomic E-state index is -0.419. The summed E-state index contributed by atoms with van der Waals surface area (Å²) in [6.07, 6.45) is 0. The fourth-order valence-corrected chi connectivity index (χ4v) is 2.10. The van der Waals surface area contributed by atoms with Gasteiger partial charge >= 0.3 is 5.97 Å². The van der Waals surface area contributed by atoms with E-state index in [-0.39, 0.29) is 18.3 Å². The van der Waals surface area contributed by atoms with Crippen molar-refractivity contribution in [2.45, 2.75) is 20.5 Å². The van der Waals surface area contributed by atoms with Crippen LogP contribution in [0, 0.1) is 17.0 Å². The summed E-state index contributed by atoms with van der Waals surface area (Å²) in [7, 11) is 0. The first-order valence-corrected chi connectivity index (χ1v) is 6.45.